The summed E-state index contributed by atoms with van der Waals surface area (Å²) in [6.45, 7) is 4.16. The van der Waals surface area contributed by atoms with Crippen molar-refractivity contribution in [3.05, 3.63) is 58.9 Å². The van der Waals surface area contributed by atoms with Gasteiger partial charge in [-0.1, -0.05) is 12.1 Å². The number of hydrogen-bond donors (Lipinski definition) is 2. The molecular formula is C15H16N2O2. The first kappa shape index (κ1) is 13.1. The smallest absolute Gasteiger partial charge is 0.255 e. The molecule has 19 heavy (non-hydrogen) atoms. The zero-order valence-electron chi connectivity index (χ0n) is 11.0. The average molecular weight is 256 g/mol. The Morgan fingerprint density at radius 3 is 2.68 bits per heavy atom. The summed E-state index contributed by atoms with van der Waals surface area (Å²) in [6, 6.07) is 8.79. The Labute approximate surface area is 112 Å². The molecule has 0 radical (unpaired) electrons. The first-order valence-corrected chi connectivity index (χ1v) is 6.05. The van der Waals surface area contributed by atoms with E-state index < -0.39 is 0 Å². The number of benzene rings is 1. The van der Waals surface area contributed by atoms with Crippen molar-refractivity contribution >= 4 is 5.91 Å². The third-order valence-corrected chi connectivity index (χ3v) is 2.82. The number of aromatic nitrogens is 1. The molecule has 0 saturated carbocycles. The standard InChI is InChI=1S/C15H16N2O2/c1-10-3-6-13(14(18)7-10)15(19)17-9-12-5-4-11(2)16-8-12/h3-8,18H,9H2,1-2H3,(H,17,19). The fourth-order valence-electron chi connectivity index (χ4n) is 1.71. The van der Waals surface area contributed by atoms with Gasteiger partial charge in [-0.15, -0.1) is 0 Å². The first-order chi connectivity index (χ1) is 9.06. The van der Waals surface area contributed by atoms with E-state index in [2.05, 4.69) is 10.3 Å². The van der Waals surface area contributed by atoms with E-state index in [1.54, 1.807) is 24.4 Å². The summed E-state index contributed by atoms with van der Waals surface area (Å²) >= 11 is 0. The number of pyridine rings is 1. The SMILES string of the molecule is Cc1ccc(C(=O)NCc2ccc(C)nc2)c(O)c1. The molecule has 0 aliphatic heterocycles. The Morgan fingerprint density at radius 2 is 2.05 bits per heavy atom. The molecule has 2 N–H and O–H groups in total. The minimum atomic E-state index is -0.293. The number of rotatable bonds is 3. The predicted molar refractivity (Wildman–Crippen MR) is 73.0 cm³/mol. The topological polar surface area (TPSA) is 62.2 Å². The quantitative estimate of drug-likeness (QED) is 0.886. The highest BCUT2D eigenvalue weighted by Crippen LogP contribution is 2.18. The van der Waals surface area contributed by atoms with Gasteiger partial charge in [-0.2, -0.15) is 0 Å². The molecular weight excluding hydrogens is 240 g/mol. The number of nitrogens with zero attached hydrogens (tertiary/aromatic N) is 1. The van der Waals surface area contributed by atoms with Crippen LogP contribution in [-0.4, -0.2) is 16.0 Å². The highest BCUT2D eigenvalue weighted by Gasteiger charge is 2.10. The second-order valence-corrected chi connectivity index (χ2v) is 4.51. The summed E-state index contributed by atoms with van der Waals surface area (Å²) in [5.41, 5.74) is 3.05. The molecule has 1 aromatic heterocycles. The molecule has 1 amide bonds. The Hall–Kier alpha value is -2.36. The van der Waals surface area contributed by atoms with Gasteiger partial charge in [-0.05, 0) is 43.2 Å². The maximum absolute atomic E-state index is 11.9. The van der Waals surface area contributed by atoms with E-state index in [0.717, 1.165) is 16.8 Å². The molecule has 0 fully saturated rings. The van der Waals surface area contributed by atoms with Gasteiger partial charge < -0.3 is 10.4 Å². The van der Waals surface area contributed by atoms with E-state index in [-0.39, 0.29) is 17.2 Å². The Morgan fingerprint density at radius 1 is 1.26 bits per heavy atom. The molecule has 0 unspecified atom stereocenters. The number of hydrogen-bond acceptors (Lipinski definition) is 3. The molecule has 1 aromatic carbocycles. The molecule has 2 rings (SSSR count). The highest BCUT2D eigenvalue weighted by atomic mass is 16.3. The maximum Gasteiger partial charge on any atom is 0.255 e. The number of nitrogens with one attached hydrogen (secondary N) is 1. The van der Waals surface area contributed by atoms with Crippen LogP contribution in [0.15, 0.2) is 36.5 Å². The second-order valence-electron chi connectivity index (χ2n) is 4.51. The molecule has 0 atom stereocenters. The lowest BCUT2D eigenvalue weighted by atomic mass is 10.1. The van der Waals surface area contributed by atoms with Crippen molar-refractivity contribution in [2.75, 3.05) is 0 Å². The van der Waals surface area contributed by atoms with E-state index in [1.165, 1.54) is 0 Å². The summed E-state index contributed by atoms with van der Waals surface area (Å²) < 4.78 is 0. The molecule has 0 bridgehead atoms. The predicted octanol–water partition coefficient (Wildman–Crippen LogP) is 2.33. The van der Waals surface area contributed by atoms with Crippen molar-refractivity contribution < 1.29 is 9.90 Å². The minimum Gasteiger partial charge on any atom is -0.507 e. The van der Waals surface area contributed by atoms with Crippen LogP contribution in [0.2, 0.25) is 0 Å². The van der Waals surface area contributed by atoms with Gasteiger partial charge >= 0.3 is 0 Å². The molecule has 0 aliphatic rings. The van der Waals surface area contributed by atoms with Crippen molar-refractivity contribution in [2.45, 2.75) is 20.4 Å². The lowest BCUT2D eigenvalue weighted by molar-refractivity contribution is 0.0948. The van der Waals surface area contributed by atoms with Crippen LogP contribution in [0.1, 0.15) is 27.2 Å². The van der Waals surface area contributed by atoms with Crippen LogP contribution < -0.4 is 5.32 Å². The third-order valence-electron chi connectivity index (χ3n) is 2.82. The zero-order valence-corrected chi connectivity index (χ0v) is 11.0. The fourth-order valence-corrected chi connectivity index (χ4v) is 1.71. The molecule has 98 valence electrons. The summed E-state index contributed by atoms with van der Waals surface area (Å²) in [5, 5.41) is 12.5. The Kier molecular flexibility index (Phi) is 3.80. The van der Waals surface area contributed by atoms with Crippen LogP contribution in [0, 0.1) is 13.8 Å². The van der Waals surface area contributed by atoms with Crippen LogP contribution >= 0.6 is 0 Å². The number of carbonyl (C=O) groups excluding carboxylic acids is 1. The maximum atomic E-state index is 11.9. The van der Waals surface area contributed by atoms with Crippen LogP contribution in [0.3, 0.4) is 0 Å². The van der Waals surface area contributed by atoms with Crippen LogP contribution in [0.5, 0.6) is 5.75 Å². The number of aromatic hydroxyl groups is 1. The zero-order chi connectivity index (χ0) is 13.8. The summed E-state index contributed by atoms with van der Waals surface area (Å²) in [6.07, 6.45) is 1.73. The second kappa shape index (κ2) is 5.52. The van der Waals surface area contributed by atoms with E-state index in [9.17, 15) is 9.90 Å². The molecule has 0 spiro atoms. The summed E-state index contributed by atoms with van der Waals surface area (Å²) in [4.78, 5) is 16.1. The summed E-state index contributed by atoms with van der Waals surface area (Å²) in [7, 11) is 0. The molecule has 4 heteroatoms. The summed E-state index contributed by atoms with van der Waals surface area (Å²) in [5.74, 6) is -0.294. The van der Waals surface area contributed by atoms with E-state index >= 15 is 0 Å². The van der Waals surface area contributed by atoms with Gasteiger partial charge in [0.05, 0.1) is 5.56 Å². The van der Waals surface area contributed by atoms with Gasteiger partial charge in [0.25, 0.3) is 5.91 Å². The van der Waals surface area contributed by atoms with Crippen molar-refractivity contribution in [3.63, 3.8) is 0 Å². The average Bonchev–Trinajstić information content (AvgIpc) is 2.37. The molecule has 0 saturated heterocycles. The van der Waals surface area contributed by atoms with Crippen LogP contribution in [-0.2, 0) is 6.54 Å². The van der Waals surface area contributed by atoms with Crippen molar-refractivity contribution in [1.29, 1.82) is 0 Å². The van der Waals surface area contributed by atoms with Crippen LogP contribution in [0.25, 0.3) is 0 Å². The largest absolute Gasteiger partial charge is 0.507 e. The fraction of sp³-hybridized carbons (Fsp3) is 0.200. The van der Waals surface area contributed by atoms with Gasteiger partial charge in [-0.25, -0.2) is 0 Å². The normalized spacial score (nSPS) is 10.2. The Balaban J connectivity index is 2.03. The highest BCUT2D eigenvalue weighted by molar-refractivity contribution is 5.96. The minimum absolute atomic E-state index is 0.000434. The number of aryl methyl sites for hydroxylation is 2. The van der Waals surface area contributed by atoms with E-state index in [1.807, 2.05) is 26.0 Å². The molecule has 1 heterocycles. The molecule has 2 aromatic rings. The van der Waals surface area contributed by atoms with Crippen molar-refractivity contribution in [2.24, 2.45) is 0 Å². The number of phenols is 1. The number of amides is 1. The lowest BCUT2D eigenvalue weighted by Gasteiger charge is -2.07. The molecule has 0 aliphatic carbocycles. The van der Waals surface area contributed by atoms with Gasteiger partial charge in [0.2, 0.25) is 0 Å². The first-order valence-electron chi connectivity index (χ1n) is 6.05. The van der Waals surface area contributed by atoms with Gasteiger partial charge in [0, 0.05) is 18.4 Å². The Bertz CT molecular complexity index is 592. The van der Waals surface area contributed by atoms with Gasteiger partial charge in [0.15, 0.2) is 0 Å². The van der Waals surface area contributed by atoms with E-state index in [4.69, 9.17) is 0 Å². The third kappa shape index (κ3) is 3.31. The lowest BCUT2D eigenvalue weighted by Crippen LogP contribution is -2.23. The van der Waals surface area contributed by atoms with Crippen molar-refractivity contribution in [3.8, 4) is 5.75 Å². The van der Waals surface area contributed by atoms with Crippen molar-refractivity contribution in [1.82, 2.24) is 10.3 Å². The molecule has 4 nitrogen and oxygen atoms in total. The monoisotopic (exact) mass is 256 g/mol. The number of phenolic OH excluding ortho intramolecular Hbond substituents is 1. The van der Waals surface area contributed by atoms with E-state index in [0.29, 0.717) is 6.54 Å². The van der Waals surface area contributed by atoms with Crippen LogP contribution in [0.4, 0.5) is 0 Å². The number of carbonyl (C=O) groups is 1. The van der Waals surface area contributed by atoms with Gasteiger partial charge in [0.1, 0.15) is 5.75 Å². The van der Waals surface area contributed by atoms with Gasteiger partial charge in [-0.3, -0.25) is 9.78 Å².